The minimum atomic E-state index is 0. The molecule has 0 aliphatic carbocycles. The van der Waals surface area contributed by atoms with E-state index in [9.17, 15) is 0 Å². The zero-order valence-electron chi connectivity index (χ0n) is 19.4. The molecule has 0 saturated carbocycles. The van der Waals surface area contributed by atoms with Gasteiger partial charge in [0.2, 0.25) is 0 Å². The van der Waals surface area contributed by atoms with Crippen LogP contribution >= 0.6 is 24.0 Å². The van der Waals surface area contributed by atoms with Crippen molar-refractivity contribution in [1.29, 1.82) is 0 Å². The number of halogens is 1. The number of nitrogens with zero attached hydrogens (tertiary/aromatic N) is 4. The first-order chi connectivity index (χ1) is 14.5. The molecule has 1 aromatic heterocycles. The summed E-state index contributed by atoms with van der Waals surface area (Å²) < 4.78 is 7.38. The number of aromatic nitrogens is 2. The van der Waals surface area contributed by atoms with Crippen LogP contribution in [0.3, 0.4) is 0 Å². The Hall–Kier alpha value is -1.81. The summed E-state index contributed by atoms with van der Waals surface area (Å²) in [7, 11) is 3.70. The molecule has 0 radical (unpaired) electrons. The van der Waals surface area contributed by atoms with Gasteiger partial charge in [0.05, 0.1) is 25.4 Å². The predicted molar refractivity (Wildman–Crippen MR) is 137 cm³/mol. The highest BCUT2D eigenvalue weighted by atomic mass is 127. The number of benzene rings is 1. The van der Waals surface area contributed by atoms with Crippen molar-refractivity contribution in [3.63, 3.8) is 0 Å². The van der Waals surface area contributed by atoms with Crippen molar-refractivity contribution in [2.75, 3.05) is 33.3 Å². The van der Waals surface area contributed by atoms with Gasteiger partial charge in [-0.3, -0.25) is 9.58 Å². The maximum Gasteiger partial charge on any atom is 0.191 e. The fourth-order valence-corrected chi connectivity index (χ4v) is 4.10. The van der Waals surface area contributed by atoms with Gasteiger partial charge in [0.25, 0.3) is 0 Å². The third kappa shape index (κ3) is 6.58. The number of ether oxygens (including phenoxy) is 1. The highest BCUT2D eigenvalue weighted by Crippen LogP contribution is 2.27. The number of rotatable bonds is 8. The summed E-state index contributed by atoms with van der Waals surface area (Å²) in [5, 5.41) is 11.5. The lowest BCUT2D eigenvalue weighted by atomic mass is 10.1. The molecule has 1 fully saturated rings. The zero-order chi connectivity index (χ0) is 21.5. The van der Waals surface area contributed by atoms with E-state index < -0.39 is 0 Å². The molecule has 1 aromatic carbocycles. The van der Waals surface area contributed by atoms with E-state index in [1.165, 1.54) is 29.7 Å². The molecule has 0 spiro atoms. The van der Waals surface area contributed by atoms with Crippen LogP contribution < -0.4 is 15.4 Å². The van der Waals surface area contributed by atoms with Crippen LogP contribution in [0.25, 0.3) is 0 Å². The lowest BCUT2D eigenvalue weighted by molar-refractivity contribution is 0.245. The van der Waals surface area contributed by atoms with E-state index in [1.54, 1.807) is 7.11 Å². The van der Waals surface area contributed by atoms with E-state index in [0.717, 1.165) is 43.6 Å². The smallest absolute Gasteiger partial charge is 0.191 e. The first kappa shape index (κ1) is 25.5. The Morgan fingerprint density at radius 2 is 1.97 bits per heavy atom. The Morgan fingerprint density at radius 3 is 2.58 bits per heavy atom. The molecule has 2 aromatic rings. The minimum Gasteiger partial charge on any atom is -0.497 e. The van der Waals surface area contributed by atoms with E-state index in [-0.39, 0.29) is 30.0 Å². The number of aryl methyl sites for hydroxylation is 2. The van der Waals surface area contributed by atoms with E-state index in [1.807, 2.05) is 24.7 Å². The van der Waals surface area contributed by atoms with Crippen molar-refractivity contribution in [2.45, 2.75) is 46.2 Å². The van der Waals surface area contributed by atoms with Crippen LogP contribution in [0.4, 0.5) is 0 Å². The summed E-state index contributed by atoms with van der Waals surface area (Å²) in [6, 6.07) is 8.71. The van der Waals surface area contributed by atoms with Gasteiger partial charge in [0.15, 0.2) is 5.96 Å². The van der Waals surface area contributed by atoms with Gasteiger partial charge in [-0.25, -0.2) is 4.99 Å². The molecule has 1 saturated heterocycles. The first-order valence-corrected chi connectivity index (χ1v) is 10.9. The molecule has 7 nitrogen and oxygen atoms in total. The predicted octanol–water partition coefficient (Wildman–Crippen LogP) is 3.56. The van der Waals surface area contributed by atoms with Gasteiger partial charge in [-0.2, -0.15) is 5.10 Å². The Balaban J connectivity index is 0.00000341. The van der Waals surface area contributed by atoms with Gasteiger partial charge in [-0.1, -0.05) is 12.1 Å². The van der Waals surface area contributed by atoms with E-state index >= 15 is 0 Å². The van der Waals surface area contributed by atoms with Crippen LogP contribution in [0.5, 0.6) is 5.75 Å². The largest absolute Gasteiger partial charge is 0.497 e. The maximum atomic E-state index is 5.46. The fourth-order valence-electron chi connectivity index (χ4n) is 4.10. The Labute approximate surface area is 203 Å². The van der Waals surface area contributed by atoms with Gasteiger partial charge in [-0.05, 0) is 64.4 Å². The van der Waals surface area contributed by atoms with Crippen LogP contribution in [0.15, 0.2) is 29.3 Å². The third-order valence-corrected chi connectivity index (χ3v) is 5.92. The molecule has 2 heterocycles. The highest BCUT2D eigenvalue weighted by molar-refractivity contribution is 14.0. The average Bonchev–Trinajstić information content (AvgIpc) is 3.35. The summed E-state index contributed by atoms with van der Waals surface area (Å²) in [5.41, 5.74) is 4.68. The van der Waals surface area contributed by atoms with Crippen LogP contribution in [-0.2, 0) is 13.6 Å². The Morgan fingerprint density at radius 1 is 1.23 bits per heavy atom. The molecule has 1 aliphatic rings. The van der Waals surface area contributed by atoms with Crippen molar-refractivity contribution in [1.82, 2.24) is 25.3 Å². The van der Waals surface area contributed by atoms with Gasteiger partial charge in [-0.15, -0.1) is 24.0 Å². The number of hydrogen-bond donors (Lipinski definition) is 2. The molecule has 2 N–H and O–H groups in total. The number of nitrogens with one attached hydrogen (secondary N) is 2. The monoisotopic (exact) mass is 540 g/mol. The molecule has 3 rings (SSSR count). The Kier molecular flexibility index (Phi) is 10.1. The second-order valence-electron chi connectivity index (χ2n) is 7.88. The van der Waals surface area contributed by atoms with Gasteiger partial charge < -0.3 is 15.4 Å². The summed E-state index contributed by atoms with van der Waals surface area (Å²) in [6.07, 6.45) is 2.52. The summed E-state index contributed by atoms with van der Waals surface area (Å²) in [6.45, 7) is 10.7. The summed E-state index contributed by atoms with van der Waals surface area (Å²) in [4.78, 5) is 7.40. The quantitative estimate of drug-likeness (QED) is 0.305. The van der Waals surface area contributed by atoms with Gasteiger partial charge >= 0.3 is 0 Å². The number of aliphatic imine (C=N–C) groups is 1. The number of methoxy groups -OCH3 is 1. The lowest BCUT2D eigenvalue weighted by Gasteiger charge is -2.29. The highest BCUT2D eigenvalue weighted by Gasteiger charge is 2.24. The molecule has 172 valence electrons. The first-order valence-electron chi connectivity index (χ1n) is 10.9. The molecule has 31 heavy (non-hydrogen) atoms. The average molecular weight is 540 g/mol. The van der Waals surface area contributed by atoms with Crippen LogP contribution in [0, 0.1) is 13.8 Å². The molecular weight excluding hydrogens is 503 g/mol. The van der Waals surface area contributed by atoms with E-state index in [2.05, 4.69) is 52.7 Å². The number of guanidine groups is 1. The van der Waals surface area contributed by atoms with Crippen LogP contribution in [0.2, 0.25) is 0 Å². The number of likely N-dealkylation sites (tertiary alicyclic amines) is 1. The van der Waals surface area contributed by atoms with Gasteiger partial charge in [0, 0.05) is 31.4 Å². The van der Waals surface area contributed by atoms with Crippen molar-refractivity contribution in [3.8, 4) is 5.75 Å². The molecule has 0 bridgehead atoms. The maximum absolute atomic E-state index is 5.46. The van der Waals surface area contributed by atoms with Crippen LogP contribution in [0.1, 0.15) is 48.3 Å². The van der Waals surface area contributed by atoms with Crippen molar-refractivity contribution in [2.24, 2.45) is 12.0 Å². The second-order valence-corrected chi connectivity index (χ2v) is 7.88. The third-order valence-electron chi connectivity index (χ3n) is 5.92. The van der Waals surface area contributed by atoms with Crippen molar-refractivity contribution < 1.29 is 4.74 Å². The lowest BCUT2D eigenvalue weighted by Crippen LogP contribution is -2.42. The SMILES string of the molecule is CCNC(=NCc1c(C)nn(C)c1C)NCC(c1cccc(OC)c1)N1CCCC1.I. The molecule has 1 aliphatic heterocycles. The second kappa shape index (κ2) is 12.3. The standard InChI is InChI=1S/C23H36N6O.HI/c1-6-24-23(25-15-21-17(2)27-28(4)18(21)3)26-16-22(29-12-7-8-13-29)19-10-9-11-20(14-19)30-5;/h9-11,14,22H,6-8,12-13,15-16H2,1-5H3,(H2,24,25,26);1H. The van der Waals surface area contributed by atoms with E-state index in [4.69, 9.17) is 9.73 Å². The molecule has 1 atom stereocenters. The zero-order valence-corrected chi connectivity index (χ0v) is 21.8. The summed E-state index contributed by atoms with van der Waals surface area (Å²) in [5.74, 6) is 1.74. The molecule has 1 unspecified atom stereocenters. The minimum absolute atomic E-state index is 0. The number of hydrogen-bond acceptors (Lipinski definition) is 4. The molecule has 0 amide bonds. The normalized spacial score (nSPS) is 15.5. The molecular formula is C23H37IN6O. The Bertz CT molecular complexity index is 860. The van der Waals surface area contributed by atoms with Gasteiger partial charge in [0.1, 0.15) is 5.75 Å². The topological polar surface area (TPSA) is 66.7 Å². The van der Waals surface area contributed by atoms with Crippen molar-refractivity contribution >= 4 is 29.9 Å². The molecule has 8 heteroatoms. The van der Waals surface area contributed by atoms with E-state index in [0.29, 0.717) is 6.54 Å². The summed E-state index contributed by atoms with van der Waals surface area (Å²) >= 11 is 0. The van der Waals surface area contributed by atoms with Crippen LogP contribution in [-0.4, -0.2) is 53.9 Å². The van der Waals surface area contributed by atoms with Crippen molar-refractivity contribution in [3.05, 3.63) is 46.8 Å². The fraction of sp³-hybridized carbons (Fsp3) is 0.565.